The second-order valence-electron chi connectivity index (χ2n) is 5.51. The number of rotatable bonds is 7. The Bertz CT molecular complexity index is 808. The molecule has 8 heteroatoms. The minimum Gasteiger partial charge on any atom is -0.464 e. The van der Waals surface area contributed by atoms with Gasteiger partial charge in [0, 0.05) is 6.54 Å². The van der Waals surface area contributed by atoms with E-state index in [0.717, 1.165) is 4.90 Å². The molecule has 134 valence electrons. The van der Waals surface area contributed by atoms with Crippen molar-refractivity contribution in [3.8, 4) is 0 Å². The van der Waals surface area contributed by atoms with Gasteiger partial charge in [-0.2, -0.15) is 0 Å². The molecule has 8 nitrogen and oxygen atoms in total. The average Bonchev–Trinajstić information content (AvgIpc) is 3.25. The second kappa shape index (κ2) is 7.64. The predicted molar refractivity (Wildman–Crippen MR) is 88.4 cm³/mol. The summed E-state index contributed by atoms with van der Waals surface area (Å²) in [4.78, 5) is 48.7. The summed E-state index contributed by atoms with van der Waals surface area (Å²) in [6, 6.07) is 9.64. The lowest BCUT2D eigenvalue weighted by Gasteiger charge is -2.13. The van der Waals surface area contributed by atoms with E-state index in [1.165, 1.54) is 12.3 Å². The van der Waals surface area contributed by atoms with Gasteiger partial charge in [0.2, 0.25) is 0 Å². The molecule has 2 heterocycles. The van der Waals surface area contributed by atoms with Crippen molar-refractivity contribution >= 4 is 23.7 Å². The SMILES string of the molecule is O=C(CCNC(=O)c1ccco1)OCCN1C(=O)c2ccccc2C1=O. The molecule has 1 aromatic heterocycles. The van der Waals surface area contributed by atoms with Crippen LogP contribution in [0.1, 0.15) is 37.7 Å². The molecule has 1 aromatic carbocycles. The monoisotopic (exact) mass is 356 g/mol. The number of fused-ring (bicyclic) bond motifs is 1. The first kappa shape index (κ1) is 17.4. The Morgan fingerprint density at radius 1 is 1.04 bits per heavy atom. The van der Waals surface area contributed by atoms with Gasteiger partial charge in [-0.05, 0) is 24.3 Å². The van der Waals surface area contributed by atoms with Crippen molar-refractivity contribution in [2.75, 3.05) is 19.7 Å². The molecule has 0 spiro atoms. The van der Waals surface area contributed by atoms with Crippen LogP contribution in [0.3, 0.4) is 0 Å². The van der Waals surface area contributed by atoms with Gasteiger partial charge in [0.1, 0.15) is 6.61 Å². The van der Waals surface area contributed by atoms with E-state index in [4.69, 9.17) is 9.15 Å². The maximum Gasteiger partial charge on any atom is 0.307 e. The first-order valence-electron chi connectivity index (χ1n) is 8.00. The highest BCUT2D eigenvalue weighted by Gasteiger charge is 2.34. The van der Waals surface area contributed by atoms with Gasteiger partial charge in [0.05, 0.1) is 30.4 Å². The number of nitrogens with one attached hydrogen (secondary N) is 1. The summed E-state index contributed by atoms with van der Waals surface area (Å²) in [6.45, 7) is -0.0291. The van der Waals surface area contributed by atoms with Crippen molar-refractivity contribution in [3.63, 3.8) is 0 Å². The number of benzene rings is 1. The highest BCUT2D eigenvalue weighted by molar-refractivity contribution is 6.21. The number of hydrogen-bond acceptors (Lipinski definition) is 6. The van der Waals surface area contributed by atoms with E-state index in [9.17, 15) is 19.2 Å². The summed E-state index contributed by atoms with van der Waals surface area (Å²) < 4.78 is 9.94. The van der Waals surface area contributed by atoms with E-state index in [1.54, 1.807) is 30.3 Å². The molecule has 0 atom stereocenters. The molecule has 1 aliphatic heterocycles. The van der Waals surface area contributed by atoms with Crippen molar-refractivity contribution < 1.29 is 28.3 Å². The third kappa shape index (κ3) is 3.64. The lowest BCUT2D eigenvalue weighted by Crippen LogP contribution is -2.33. The van der Waals surface area contributed by atoms with E-state index in [2.05, 4.69) is 5.32 Å². The van der Waals surface area contributed by atoms with Crippen LogP contribution in [0.4, 0.5) is 0 Å². The summed E-state index contributed by atoms with van der Waals surface area (Å²) in [5.41, 5.74) is 0.703. The number of carbonyl (C=O) groups is 4. The van der Waals surface area contributed by atoms with Gasteiger partial charge in [0.25, 0.3) is 17.7 Å². The molecule has 1 N–H and O–H groups in total. The first-order chi connectivity index (χ1) is 12.6. The fourth-order valence-electron chi connectivity index (χ4n) is 2.54. The predicted octanol–water partition coefficient (Wildman–Crippen LogP) is 1.24. The van der Waals surface area contributed by atoms with Crippen LogP contribution in [0.25, 0.3) is 0 Å². The average molecular weight is 356 g/mol. The molecular weight excluding hydrogens is 340 g/mol. The second-order valence-corrected chi connectivity index (χ2v) is 5.51. The number of ether oxygens (including phenoxy) is 1. The Kier molecular flexibility index (Phi) is 5.12. The molecule has 1 aliphatic rings. The third-order valence-corrected chi connectivity index (χ3v) is 3.82. The summed E-state index contributed by atoms with van der Waals surface area (Å²) >= 11 is 0. The Morgan fingerprint density at radius 2 is 1.73 bits per heavy atom. The number of esters is 1. The topological polar surface area (TPSA) is 106 Å². The Morgan fingerprint density at radius 3 is 2.35 bits per heavy atom. The Balaban J connectivity index is 1.39. The maximum absolute atomic E-state index is 12.2. The fraction of sp³-hybridized carbons (Fsp3) is 0.222. The number of hydrogen-bond donors (Lipinski definition) is 1. The van der Waals surface area contributed by atoms with Gasteiger partial charge < -0.3 is 14.5 Å². The number of furan rings is 1. The van der Waals surface area contributed by atoms with Crippen LogP contribution in [0.5, 0.6) is 0 Å². The molecule has 0 aliphatic carbocycles. The van der Waals surface area contributed by atoms with Gasteiger partial charge >= 0.3 is 5.97 Å². The van der Waals surface area contributed by atoms with Crippen LogP contribution in [0.2, 0.25) is 0 Å². The van der Waals surface area contributed by atoms with E-state index in [-0.39, 0.29) is 31.9 Å². The normalized spacial score (nSPS) is 12.8. The molecular formula is C18H16N2O6. The summed E-state index contributed by atoms with van der Waals surface area (Å²) in [6.07, 6.45) is 1.34. The lowest BCUT2D eigenvalue weighted by molar-refractivity contribution is -0.143. The number of amides is 3. The first-order valence-corrected chi connectivity index (χ1v) is 8.00. The largest absolute Gasteiger partial charge is 0.464 e. The maximum atomic E-state index is 12.2. The molecule has 0 radical (unpaired) electrons. The lowest BCUT2D eigenvalue weighted by atomic mass is 10.1. The molecule has 0 fully saturated rings. The molecule has 0 bridgehead atoms. The Hall–Kier alpha value is -3.42. The van der Waals surface area contributed by atoms with Crippen LogP contribution in [0.15, 0.2) is 47.1 Å². The molecule has 3 amide bonds. The van der Waals surface area contributed by atoms with Crippen molar-refractivity contribution in [3.05, 3.63) is 59.5 Å². The quantitative estimate of drug-likeness (QED) is 0.591. The smallest absolute Gasteiger partial charge is 0.307 e. The number of carbonyl (C=O) groups excluding carboxylic acids is 4. The van der Waals surface area contributed by atoms with Gasteiger partial charge in [-0.15, -0.1) is 0 Å². The summed E-state index contributed by atoms with van der Waals surface area (Å²) in [7, 11) is 0. The molecule has 0 unspecified atom stereocenters. The minimum absolute atomic E-state index is 0.0170. The van der Waals surface area contributed by atoms with Crippen LogP contribution < -0.4 is 5.32 Å². The van der Waals surface area contributed by atoms with Gasteiger partial charge in [-0.1, -0.05) is 12.1 Å². The highest BCUT2D eigenvalue weighted by atomic mass is 16.5. The van der Waals surface area contributed by atoms with Crippen molar-refractivity contribution in [2.24, 2.45) is 0 Å². The number of imide groups is 1. The summed E-state index contributed by atoms with van der Waals surface area (Å²) in [5, 5.41) is 2.52. The zero-order valence-corrected chi connectivity index (χ0v) is 13.8. The van der Waals surface area contributed by atoms with Crippen LogP contribution >= 0.6 is 0 Å². The van der Waals surface area contributed by atoms with Crippen molar-refractivity contribution in [1.29, 1.82) is 0 Å². The van der Waals surface area contributed by atoms with Crippen molar-refractivity contribution in [2.45, 2.75) is 6.42 Å². The van der Waals surface area contributed by atoms with Crippen molar-refractivity contribution in [1.82, 2.24) is 10.2 Å². The van der Waals surface area contributed by atoms with Gasteiger partial charge in [-0.25, -0.2) is 0 Å². The molecule has 0 saturated heterocycles. The molecule has 26 heavy (non-hydrogen) atoms. The van der Waals surface area contributed by atoms with Gasteiger partial charge in [-0.3, -0.25) is 24.1 Å². The van der Waals surface area contributed by atoms with Gasteiger partial charge in [0.15, 0.2) is 5.76 Å². The van der Waals surface area contributed by atoms with E-state index < -0.39 is 23.7 Å². The van der Waals surface area contributed by atoms with Crippen LogP contribution in [-0.2, 0) is 9.53 Å². The standard InChI is InChI=1S/C18H16N2O6/c21-15(7-8-19-16(22)14-6-3-10-25-14)26-11-9-20-17(23)12-4-1-2-5-13(12)18(20)24/h1-6,10H,7-9,11H2,(H,19,22). The third-order valence-electron chi connectivity index (χ3n) is 3.82. The highest BCUT2D eigenvalue weighted by Crippen LogP contribution is 2.21. The fourth-order valence-corrected chi connectivity index (χ4v) is 2.54. The zero-order chi connectivity index (χ0) is 18.5. The number of nitrogens with zero attached hydrogens (tertiary/aromatic N) is 1. The molecule has 0 saturated carbocycles. The van der Waals surface area contributed by atoms with E-state index in [0.29, 0.717) is 11.1 Å². The van der Waals surface area contributed by atoms with E-state index in [1.807, 2.05) is 0 Å². The minimum atomic E-state index is -0.540. The molecule has 3 rings (SSSR count). The molecule has 2 aromatic rings. The Labute approximate surface area is 148 Å². The van der Waals surface area contributed by atoms with E-state index >= 15 is 0 Å². The van der Waals surface area contributed by atoms with Crippen LogP contribution in [0, 0.1) is 0 Å². The van der Waals surface area contributed by atoms with Crippen LogP contribution in [-0.4, -0.2) is 48.3 Å². The summed E-state index contributed by atoms with van der Waals surface area (Å²) in [5.74, 6) is -1.60. The zero-order valence-electron chi connectivity index (χ0n) is 13.8.